The zero-order chi connectivity index (χ0) is 18.3. The summed E-state index contributed by atoms with van der Waals surface area (Å²) < 4.78 is 5.62. The average Bonchev–Trinajstić information content (AvgIpc) is 3.11. The van der Waals surface area contributed by atoms with E-state index in [4.69, 9.17) is 4.74 Å². The van der Waals surface area contributed by atoms with E-state index in [2.05, 4.69) is 10.2 Å². The van der Waals surface area contributed by atoms with Gasteiger partial charge in [0.2, 0.25) is 5.91 Å². The van der Waals surface area contributed by atoms with Gasteiger partial charge < -0.3 is 9.64 Å². The summed E-state index contributed by atoms with van der Waals surface area (Å²) >= 11 is 0. The van der Waals surface area contributed by atoms with Crippen LogP contribution in [0.3, 0.4) is 0 Å². The van der Waals surface area contributed by atoms with Crippen LogP contribution in [0.25, 0.3) is 11.1 Å². The van der Waals surface area contributed by atoms with Crippen molar-refractivity contribution in [2.45, 2.75) is 45.3 Å². The predicted molar refractivity (Wildman–Crippen MR) is 98.1 cm³/mol. The minimum atomic E-state index is -0.338. The zero-order valence-corrected chi connectivity index (χ0v) is 14.9. The summed E-state index contributed by atoms with van der Waals surface area (Å²) in [5, 5.41) is 6.78. The second-order valence-corrected chi connectivity index (χ2v) is 6.98. The number of carbonyl (C=O) groups is 2. The lowest BCUT2D eigenvalue weighted by Crippen LogP contribution is -2.52. The van der Waals surface area contributed by atoms with Gasteiger partial charge in [-0.3, -0.25) is 14.8 Å². The van der Waals surface area contributed by atoms with Crippen molar-refractivity contribution in [3.05, 3.63) is 30.6 Å². The molecule has 2 heterocycles. The maximum Gasteiger partial charge on any atom is 0.414 e. The van der Waals surface area contributed by atoms with Crippen molar-refractivity contribution in [2.24, 2.45) is 0 Å². The molecular formula is C19H22N4O3. The molecule has 0 radical (unpaired) electrons. The van der Waals surface area contributed by atoms with Crippen LogP contribution in [-0.2, 0) is 9.53 Å². The Labute approximate surface area is 151 Å². The number of nitrogens with zero attached hydrogens (tertiary/aromatic N) is 3. The number of hydrogen-bond donors (Lipinski definition) is 1. The van der Waals surface area contributed by atoms with E-state index in [-0.39, 0.29) is 24.1 Å². The molecule has 1 atom stereocenters. The summed E-state index contributed by atoms with van der Waals surface area (Å²) in [6.45, 7) is 3.90. The highest BCUT2D eigenvalue weighted by molar-refractivity contribution is 6.03. The van der Waals surface area contributed by atoms with Crippen molar-refractivity contribution in [3.8, 4) is 11.1 Å². The minimum Gasteiger partial charge on any atom is -0.446 e. The van der Waals surface area contributed by atoms with Crippen LogP contribution >= 0.6 is 0 Å². The van der Waals surface area contributed by atoms with Gasteiger partial charge in [0.25, 0.3) is 0 Å². The molecule has 1 aliphatic carbocycles. The van der Waals surface area contributed by atoms with E-state index in [1.54, 1.807) is 29.1 Å². The standard InChI is InChI=1S/C19H22N4O3/c1-12-11-22(19(25)26-16-4-3-5-16)18-8-14(15-9-20-21-10-15)6-7-17(18)23(12)13(2)24/h6-10,12,16H,3-5,11H2,1-2H3,(H,20,21). The van der Waals surface area contributed by atoms with Crippen LogP contribution in [0.4, 0.5) is 16.2 Å². The van der Waals surface area contributed by atoms with Crippen LogP contribution in [0.15, 0.2) is 30.6 Å². The Morgan fingerprint density at radius 2 is 2.04 bits per heavy atom. The van der Waals surface area contributed by atoms with Gasteiger partial charge in [-0.15, -0.1) is 0 Å². The molecule has 0 saturated heterocycles. The number of hydrogen-bond acceptors (Lipinski definition) is 4. The van der Waals surface area contributed by atoms with E-state index in [0.717, 1.165) is 36.1 Å². The van der Waals surface area contributed by atoms with Crippen LogP contribution < -0.4 is 9.80 Å². The number of nitrogens with one attached hydrogen (secondary N) is 1. The van der Waals surface area contributed by atoms with Crippen molar-refractivity contribution >= 4 is 23.4 Å². The van der Waals surface area contributed by atoms with Gasteiger partial charge in [0, 0.05) is 25.2 Å². The molecule has 1 aliphatic heterocycles. The first-order valence-electron chi connectivity index (χ1n) is 8.95. The number of H-pyrrole nitrogens is 1. The maximum atomic E-state index is 12.8. The number of aromatic amines is 1. The molecular weight excluding hydrogens is 332 g/mol. The van der Waals surface area contributed by atoms with Crippen molar-refractivity contribution in [2.75, 3.05) is 16.3 Å². The molecule has 7 heteroatoms. The van der Waals surface area contributed by atoms with Gasteiger partial charge in [0.15, 0.2) is 0 Å². The maximum absolute atomic E-state index is 12.8. The molecule has 1 aromatic heterocycles. The molecule has 2 aromatic rings. The number of amides is 2. The quantitative estimate of drug-likeness (QED) is 0.897. The van der Waals surface area contributed by atoms with Gasteiger partial charge in [-0.2, -0.15) is 5.10 Å². The van der Waals surface area contributed by atoms with Gasteiger partial charge in [0.05, 0.1) is 23.6 Å². The summed E-state index contributed by atoms with van der Waals surface area (Å²) in [7, 11) is 0. The van der Waals surface area contributed by atoms with Gasteiger partial charge in [0.1, 0.15) is 6.10 Å². The first-order chi connectivity index (χ1) is 12.5. The summed E-state index contributed by atoms with van der Waals surface area (Å²) in [6, 6.07) is 5.63. The van der Waals surface area contributed by atoms with E-state index in [1.807, 2.05) is 25.1 Å². The first-order valence-corrected chi connectivity index (χ1v) is 8.95. The Hall–Kier alpha value is -2.83. The Morgan fingerprint density at radius 1 is 1.23 bits per heavy atom. The largest absolute Gasteiger partial charge is 0.446 e. The lowest BCUT2D eigenvalue weighted by Gasteiger charge is -2.41. The number of fused-ring (bicyclic) bond motifs is 1. The second kappa shape index (κ2) is 6.48. The highest BCUT2D eigenvalue weighted by atomic mass is 16.6. The summed E-state index contributed by atoms with van der Waals surface area (Å²) in [4.78, 5) is 28.3. The average molecular weight is 354 g/mol. The van der Waals surface area contributed by atoms with Crippen molar-refractivity contribution in [3.63, 3.8) is 0 Å². The number of benzene rings is 1. The number of anilines is 2. The Morgan fingerprint density at radius 3 is 2.65 bits per heavy atom. The molecule has 4 rings (SSSR count). The monoisotopic (exact) mass is 354 g/mol. The third kappa shape index (κ3) is 2.83. The Bertz CT molecular complexity index is 829. The molecule has 0 bridgehead atoms. The Balaban J connectivity index is 1.74. The number of ether oxygens (including phenoxy) is 1. The zero-order valence-electron chi connectivity index (χ0n) is 14.9. The predicted octanol–water partition coefficient (Wildman–Crippen LogP) is 3.33. The molecule has 1 aromatic carbocycles. The van der Waals surface area contributed by atoms with Crippen LogP contribution in [0.2, 0.25) is 0 Å². The third-order valence-corrected chi connectivity index (χ3v) is 5.12. The second-order valence-electron chi connectivity index (χ2n) is 6.98. The van der Waals surface area contributed by atoms with Gasteiger partial charge in [-0.05, 0) is 43.9 Å². The van der Waals surface area contributed by atoms with Crippen LogP contribution in [0.1, 0.15) is 33.1 Å². The van der Waals surface area contributed by atoms with E-state index < -0.39 is 0 Å². The highest BCUT2D eigenvalue weighted by Crippen LogP contribution is 2.39. The van der Waals surface area contributed by atoms with E-state index >= 15 is 0 Å². The molecule has 2 aliphatic rings. The molecule has 26 heavy (non-hydrogen) atoms. The fraction of sp³-hybridized carbons (Fsp3) is 0.421. The lowest BCUT2D eigenvalue weighted by molar-refractivity contribution is -0.117. The van der Waals surface area contributed by atoms with Gasteiger partial charge in [-0.25, -0.2) is 4.79 Å². The number of carbonyl (C=O) groups excluding carboxylic acids is 2. The SMILES string of the molecule is CC(=O)N1c2ccc(-c3cn[nH]c3)cc2N(C(=O)OC2CCC2)CC1C. The van der Waals surface area contributed by atoms with Crippen molar-refractivity contribution < 1.29 is 14.3 Å². The van der Waals surface area contributed by atoms with Gasteiger partial charge >= 0.3 is 6.09 Å². The third-order valence-electron chi connectivity index (χ3n) is 5.12. The molecule has 1 N–H and O–H groups in total. The molecule has 0 spiro atoms. The van der Waals surface area contributed by atoms with Crippen LogP contribution in [0, 0.1) is 0 Å². The lowest BCUT2D eigenvalue weighted by atomic mass is 9.96. The molecule has 1 saturated carbocycles. The fourth-order valence-corrected chi connectivity index (χ4v) is 3.56. The number of rotatable bonds is 2. The normalized spacial score (nSPS) is 19.7. The van der Waals surface area contributed by atoms with Gasteiger partial charge in [-0.1, -0.05) is 6.07 Å². The van der Waals surface area contributed by atoms with Crippen molar-refractivity contribution in [1.29, 1.82) is 0 Å². The van der Waals surface area contributed by atoms with Crippen molar-refractivity contribution in [1.82, 2.24) is 10.2 Å². The topological polar surface area (TPSA) is 78.5 Å². The molecule has 1 fully saturated rings. The van der Waals surface area contributed by atoms with E-state index in [9.17, 15) is 9.59 Å². The summed E-state index contributed by atoms with van der Waals surface area (Å²) in [5.41, 5.74) is 3.28. The molecule has 2 amide bonds. The molecule has 1 unspecified atom stereocenters. The Kier molecular flexibility index (Phi) is 4.14. The first kappa shape index (κ1) is 16.6. The van der Waals surface area contributed by atoms with Crippen LogP contribution in [0.5, 0.6) is 0 Å². The molecule has 7 nitrogen and oxygen atoms in total. The molecule has 136 valence electrons. The number of aromatic nitrogens is 2. The smallest absolute Gasteiger partial charge is 0.414 e. The van der Waals surface area contributed by atoms with E-state index in [0.29, 0.717) is 12.2 Å². The summed E-state index contributed by atoms with van der Waals surface area (Å²) in [5.74, 6) is -0.0400. The highest BCUT2D eigenvalue weighted by Gasteiger charge is 2.36. The summed E-state index contributed by atoms with van der Waals surface area (Å²) in [6.07, 6.45) is 6.17. The van der Waals surface area contributed by atoms with E-state index in [1.165, 1.54) is 0 Å². The minimum absolute atomic E-state index is 0.0177. The fourth-order valence-electron chi connectivity index (χ4n) is 3.56. The van der Waals surface area contributed by atoms with Crippen LogP contribution in [-0.4, -0.2) is 40.9 Å².